The van der Waals surface area contributed by atoms with Crippen LogP contribution >= 0.6 is 0 Å². The maximum atomic E-state index is 12.7. The highest BCUT2D eigenvalue weighted by atomic mass is 16.5. The summed E-state index contributed by atoms with van der Waals surface area (Å²) in [4.78, 5) is 51.2. The zero-order valence-electron chi connectivity index (χ0n) is 18.6. The summed E-state index contributed by atoms with van der Waals surface area (Å²) in [5.41, 5.74) is 0.0430. The molecule has 2 aromatic carbocycles. The maximum Gasteiger partial charge on any atom is 0.339 e. The summed E-state index contributed by atoms with van der Waals surface area (Å²) >= 11 is 0. The van der Waals surface area contributed by atoms with Crippen molar-refractivity contribution in [1.29, 1.82) is 0 Å². The molecule has 0 aliphatic carbocycles. The first-order valence-corrected chi connectivity index (χ1v) is 10.2. The smallest absolute Gasteiger partial charge is 0.339 e. The summed E-state index contributed by atoms with van der Waals surface area (Å²) in [6.07, 6.45) is -1.07. The lowest BCUT2D eigenvalue weighted by Gasteiger charge is -2.21. The summed E-state index contributed by atoms with van der Waals surface area (Å²) in [5, 5.41) is 13.5. The van der Waals surface area contributed by atoms with Crippen molar-refractivity contribution in [3.05, 3.63) is 74.9 Å². The second-order valence-electron chi connectivity index (χ2n) is 7.71. The van der Waals surface area contributed by atoms with Crippen LogP contribution in [0.2, 0.25) is 0 Å². The molecular weight excluding hydrogens is 428 g/mol. The number of fused-ring (bicyclic) bond motifs is 1. The van der Waals surface area contributed by atoms with Gasteiger partial charge in [-0.05, 0) is 31.3 Å². The number of rotatable bonds is 8. The van der Waals surface area contributed by atoms with Gasteiger partial charge in [0.25, 0.3) is 5.56 Å². The topological polar surface area (TPSA) is 123 Å². The number of aromatic nitrogens is 2. The van der Waals surface area contributed by atoms with E-state index < -0.39 is 29.2 Å². The summed E-state index contributed by atoms with van der Waals surface area (Å²) in [5.74, 6) is -0.975. The van der Waals surface area contributed by atoms with E-state index in [1.807, 2.05) is 0 Å². The van der Waals surface area contributed by atoms with Crippen LogP contribution in [0, 0.1) is 0 Å². The average Bonchev–Trinajstić information content (AvgIpc) is 2.80. The minimum absolute atomic E-state index is 0.0362. The molecule has 10 nitrogen and oxygen atoms in total. The number of likely N-dealkylation sites (N-methyl/N-ethyl adjacent to an activating group) is 1. The molecule has 3 aromatic rings. The number of methoxy groups -OCH3 is 1. The van der Waals surface area contributed by atoms with Crippen molar-refractivity contribution >= 4 is 28.5 Å². The second kappa shape index (κ2) is 10.2. The van der Waals surface area contributed by atoms with Gasteiger partial charge in [0.2, 0.25) is 5.91 Å². The molecule has 33 heavy (non-hydrogen) atoms. The minimum atomic E-state index is -1.07. The van der Waals surface area contributed by atoms with E-state index in [4.69, 9.17) is 4.74 Å². The van der Waals surface area contributed by atoms with Crippen molar-refractivity contribution in [3.63, 3.8) is 0 Å². The molecule has 1 heterocycles. The Bertz CT molecular complexity index is 1300. The third-order valence-electron chi connectivity index (χ3n) is 5.19. The quantitative estimate of drug-likeness (QED) is 0.473. The van der Waals surface area contributed by atoms with Gasteiger partial charge in [-0.25, -0.2) is 9.59 Å². The molecule has 1 aromatic heterocycles. The number of aryl methyl sites for hydroxylation is 1. The minimum Gasteiger partial charge on any atom is -0.465 e. The molecule has 0 saturated carbocycles. The molecule has 10 heteroatoms. The maximum absolute atomic E-state index is 12.7. The normalized spacial score (nSPS) is 12.0. The van der Waals surface area contributed by atoms with Gasteiger partial charge in [0.15, 0.2) is 0 Å². The number of ether oxygens (including phenoxy) is 1. The molecule has 174 valence electrons. The number of anilines is 1. The van der Waals surface area contributed by atoms with Crippen LogP contribution in [0.4, 0.5) is 5.69 Å². The third-order valence-corrected chi connectivity index (χ3v) is 5.19. The van der Waals surface area contributed by atoms with E-state index >= 15 is 0 Å². The predicted molar refractivity (Wildman–Crippen MR) is 123 cm³/mol. The molecular formula is C23H26N4O6. The molecule has 1 unspecified atom stereocenters. The number of aliphatic hydroxyl groups excluding tert-OH is 1. The zero-order chi connectivity index (χ0) is 24.1. The van der Waals surface area contributed by atoms with Crippen LogP contribution in [0.1, 0.15) is 10.4 Å². The lowest BCUT2D eigenvalue weighted by molar-refractivity contribution is -0.117. The molecule has 0 radical (unpaired) electrons. The fourth-order valence-corrected chi connectivity index (χ4v) is 3.63. The van der Waals surface area contributed by atoms with Crippen molar-refractivity contribution in [1.82, 2.24) is 14.0 Å². The lowest BCUT2D eigenvalue weighted by Crippen LogP contribution is -2.44. The predicted octanol–water partition coefficient (Wildman–Crippen LogP) is 0.418. The van der Waals surface area contributed by atoms with Gasteiger partial charge in [-0.1, -0.05) is 24.3 Å². The Morgan fingerprint density at radius 3 is 2.52 bits per heavy atom. The first-order chi connectivity index (χ1) is 15.7. The summed E-state index contributed by atoms with van der Waals surface area (Å²) in [6, 6.07) is 13.2. The van der Waals surface area contributed by atoms with Crippen molar-refractivity contribution in [2.45, 2.75) is 12.6 Å². The summed E-state index contributed by atoms with van der Waals surface area (Å²) in [6.45, 7) is -0.265. The number of hydrogen-bond acceptors (Lipinski definition) is 7. The van der Waals surface area contributed by atoms with Gasteiger partial charge in [-0.2, -0.15) is 0 Å². The van der Waals surface area contributed by atoms with E-state index in [1.54, 1.807) is 61.5 Å². The van der Waals surface area contributed by atoms with Crippen LogP contribution < -0.4 is 16.6 Å². The van der Waals surface area contributed by atoms with Gasteiger partial charge >= 0.3 is 11.7 Å². The number of hydrogen-bond donors (Lipinski definition) is 2. The van der Waals surface area contributed by atoms with Crippen LogP contribution in [0.15, 0.2) is 58.1 Å². The molecule has 3 rings (SSSR count). The molecule has 0 fully saturated rings. The van der Waals surface area contributed by atoms with Crippen molar-refractivity contribution < 1.29 is 19.4 Å². The molecule has 0 saturated heterocycles. The van der Waals surface area contributed by atoms with E-state index in [2.05, 4.69) is 5.32 Å². The molecule has 2 N–H and O–H groups in total. The highest BCUT2D eigenvalue weighted by Crippen LogP contribution is 2.16. The highest BCUT2D eigenvalue weighted by molar-refractivity contribution is 6.01. The molecule has 0 bridgehead atoms. The van der Waals surface area contributed by atoms with Gasteiger partial charge in [-0.3, -0.25) is 23.6 Å². The second-order valence-corrected chi connectivity index (χ2v) is 7.71. The Kier molecular flexibility index (Phi) is 7.41. The Morgan fingerprint density at radius 2 is 1.79 bits per heavy atom. The number of benzene rings is 2. The van der Waals surface area contributed by atoms with E-state index in [1.165, 1.54) is 17.7 Å². The van der Waals surface area contributed by atoms with Gasteiger partial charge in [0.05, 0.1) is 48.5 Å². The number of amides is 1. The number of nitrogens with zero attached hydrogens (tertiary/aromatic N) is 3. The average molecular weight is 454 g/mol. The molecule has 1 amide bonds. The summed E-state index contributed by atoms with van der Waals surface area (Å²) in [7, 11) is 4.44. The van der Waals surface area contributed by atoms with E-state index in [9.17, 15) is 24.3 Å². The fraction of sp³-hybridized carbons (Fsp3) is 0.304. The largest absolute Gasteiger partial charge is 0.465 e. The molecule has 0 spiro atoms. The van der Waals surface area contributed by atoms with Crippen molar-refractivity contribution in [2.24, 2.45) is 7.05 Å². The number of carbonyl (C=O) groups excluding carboxylic acids is 2. The monoisotopic (exact) mass is 454 g/mol. The van der Waals surface area contributed by atoms with Crippen molar-refractivity contribution in [3.8, 4) is 0 Å². The SMILES string of the molecule is COC(=O)c1ccccc1NC(=O)CN(C)CC(O)Cn1c(=O)c2ccccc2n(C)c1=O. The van der Waals surface area contributed by atoms with Gasteiger partial charge in [0, 0.05) is 13.6 Å². The third kappa shape index (κ3) is 5.36. The molecule has 0 aliphatic rings. The van der Waals surface area contributed by atoms with Crippen LogP contribution in [-0.4, -0.2) is 64.4 Å². The summed E-state index contributed by atoms with van der Waals surface area (Å²) < 4.78 is 7.07. The van der Waals surface area contributed by atoms with Crippen LogP contribution in [0.25, 0.3) is 10.9 Å². The Labute approximate surface area is 189 Å². The Hall–Kier alpha value is -3.76. The van der Waals surface area contributed by atoms with E-state index in [0.29, 0.717) is 16.6 Å². The standard InChI is InChI=1S/C23H26N4O6/c1-25(14-20(29)24-18-10-6-4-8-16(18)22(31)33-3)12-15(28)13-27-21(30)17-9-5-7-11-19(17)26(2)23(27)32/h4-11,15,28H,12-14H2,1-3H3,(H,24,29). The first kappa shape index (κ1) is 23.9. The van der Waals surface area contributed by atoms with Gasteiger partial charge in [-0.15, -0.1) is 0 Å². The zero-order valence-corrected chi connectivity index (χ0v) is 18.6. The van der Waals surface area contributed by atoms with Crippen molar-refractivity contribution in [2.75, 3.05) is 32.6 Å². The first-order valence-electron chi connectivity index (χ1n) is 10.2. The fourth-order valence-electron chi connectivity index (χ4n) is 3.63. The van der Waals surface area contributed by atoms with Gasteiger partial charge < -0.3 is 15.2 Å². The van der Waals surface area contributed by atoms with Crippen LogP contribution in [0.5, 0.6) is 0 Å². The number of para-hydroxylation sites is 2. The number of esters is 1. The Balaban J connectivity index is 1.66. The number of aliphatic hydroxyl groups is 1. The van der Waals surface area contributed by atoms with E-state index in [-0.39, 0.29) is 25.2 Å². The number of nitrogens with one attached hydrogen (secondary N) is 1. The molecule has 1 atom stereocenters. The number of carbonyl (C=O) groups is 2. The Morgan fingerprint density at radius 1 is 1.12 bits per heavy atom. The van der Waals surface area contributed by atoms with Crippen LogP contribution in [-0.2, 0) is 23.1 Å². The van der Waals surface area contributed by atoms with Crippen LogP contribution in [0.3, 0.4) is 0 Å². The lowest BCUT2D eigenvalue weighted by atomic mass is 10.2. The van der Waals surface area contributed by atoms with E-state index in [0.717, 1.165) is 4.57 Å². The van der Waals surface area contributed by atoms with Gasteiger partial charge in [0.1, 0.15) is 0 Å². The highest BCUT2D eigenvalue weighted by Gasteiger charge is 2.18. The molecule has 0 aliphatic heterocycles.